The van der Waals surface area contributed by atoms with E-state index >= 15 is 0 Å². The predicted octanol–water partition coefficient (Wildman–Crippen LogP) is 1.42. The van der Waals surface area contributed by atoms with Crippen LogP contribution in [-0.2, 0) is 0 Å². The molecule has 2 aromatic rings. The molecule has 2 heterocycles. The van der Waals surface area contributed by atoms with Gasteiger partial charge in [0, 0.05) is 6.07 Å². The first-order chi connectivity index (χ1) is 5.77. The number of aromatic nitrogens is 3. The molecule has 0 fully saturated rings. The van der Waals surface area contributed by atoms with Crippen molar-refractivity contribution in [2.24, 2.45) is 0 Å². The predicted molar refractivity (Wildman–Crippen MR) is 48.8 cm³/mol. The van der Waals surface area contributed by atoms with Crippen molar-refractivity contribution in [1.29, 1.82) is 0 Å². The number of aryl methyl sites for hydroxylation is 1. The van der Waals surface area contributed by atoms with Crippen molar-refractivity contribution in [2.45, 2.75) is 6.92 Å². The van der Waals surface area contributed by atoms with Crippen LogP contribution in [0.1, 0.15) is 5.69 Å². The molecule has 12 heavy (non-hydrogen) atoms. The van der Waals surface area contributed by atoms with E-state index in [1.54, 1.807) is 17.4 Å². The van der Waals surface area contributed by atoms with E-state index in [0.717, 1.165) is 16.3 Å². The second kappa shape index (κ2) is 2.60. The number of nitrogens with one attached hydrogen (secondary N) is 1. The topological polar surface area (TPSA) is 67.6 Å². The van der Waals surface area contributed by atoms with E-state index in [1.165, 1.54) is 0 Å². The van der Waals surface area contributed by atoms with Crippen LogP contribution in [-0.4, -0.2) is 15.2 Å². The molecule has 0 spiro atoms. The van der Waals surface area contributed by atoms with Gasteiger partial charge in [0.15, 0.2) is 0 Å². The average Bonchev–Trinajstić information content (AvgIpc) is 2.58. The van der Waals surface area contributed by atoms with Gasteiger partial charge in [-0.05, 0) is 6.92 Å². The number of nitrogens with zero attached hydrogens (tertiary/aromatic N) is 2. The summed E-state index contributed by atoms with van der Waals surface area (Å²) < 4.78 is 0. The van der Waals surface area contributed by atoms with Gasteiger partial charge in [0.25, 0.3) is 0 Å². The van der Waals surface area contributed by atoms with Crippen LogP contribution in [0.25, 0.3) is 10.6 Å². The maximum absolute atomic E-state index is 5.48. The summed E-state index contributed by atoms with van der Waals surface area (Å²) in [5.74, 6) is 0.512. The van der Waals surface area contributed by atoms with Crippen molar-refractivity contribution in [3.63, 3.8) is 0 Å². The molecule has 0 aliphatic rings. The molecule has 0 aliphatic carbocycles. The van der Waals surface area contributed by atoms with Gasteiger partial charge in [-0.15, -0.1) is 11.3 Å². The van der Waals surface area contributed by atoms with Crippen LogP contribution < -0.4 is 5.73 Å². The van der Waals surface area contributed by atoms with Gasteiger partial charge in [-0.1, -0.05) is 0 Å². The Morgan fingerprint density at radius 1 is 1.58 bits per heavy atom. The fourth-order valence-electron chi connectivity index (χ4n) is 1.01. The molecule has 0 unspecified atom stereocenters. The van der Waals surface area contributed by atoms with Crippen molar-refractivity contribution in [3.05, 3.63) is 17.3 Å². The Balaban J connectivity index is 2.50. The normalized spacial score (nSPS) is 10.4. The Kier molecular flexibility index (Phi) is 1.58. The Hall–Kier alpha value is -1.36. The lowest BCUT2D eigenvalue weighted by Gasteiger charge is -1.89. The number of hydrogen-bond acceptors (Lipinski definition) is 4. The molecule has 5 heteroatoms. The number of thiazole rings is 1. The van der Waals surface area contributed by atoms with Gasteiger partial charge in [0.1, 0.15) is 5.82 Å². The van der Waals surface area contributed by atoms with Crippen LogP contribution in [0, 0.1) is 6.92 Å². The lowest BCUT2D eigenvalue weighted by atomic mass is 10.3. The largest absolute Gasteiger partial charge is 0.382 e. The van der Waals surface area contributed by atoms with Crippen molar-refractivity contribution >= 4 is 17.2 Å². The second-order valence-corrected chi connectivity index (χ2v) is 3.33. The minimum absolute atomic E-state index is 0.512. The number of nitrogen functional groups attached to an aromatic ring is 1. The van der Waals surface area contributed by atoms with E-state index in [9.17, 15) is 0 Å². The molecule has 0 atom stereocenters. The number of anilines is 1. The highest BCUT2D eigenvalue weighted by molar-refractivity contribution is 7.13. The summed E-state index contributed by atoms with van der Waals surface area (Å²) in [5.41, 5.74) is 9.22. The SMILES string of the molecule is Cc1ncsc1-c1cc(N)n[nH]1. The molecule has 0 aliphatic heterocycles. The van der Waals surface area contributed by atoms with Gasteiger partial charge in [0.2, 0.25) is 0 Å². The number of H-pyrrole nitrogens is 1. The van der Waals surface area contributed by atoms with Crippen LogP contribution in [0.4, 0.5) is 5.82 Å². The van der Waals surface area contributed by atoms with E-state index in [0.29, 0.717) is 5.82 Å². The monoisotopic (exact) mass is 180 g/mol. The van der Waals surface area contributed by atoms with Crippen LogP contribution in [0.15, 0.2) is 11.6 Å². The molecule has 4 nitrogen and oxygen atoms in total. The minimum Gasteiger partial charge on any atom is -0.382 e. The fraction of sp³-hybridized carbons (Fsp3) is 0.143. The molecule has 2 aromatic heterocycles. The number of nitrogens with two attached hydrogens (primary N) is 1. The standard InChI is InChI=1S/C7H8N4S/c1-4-7(12-3-9-4)5-2-6(8)11-10-5/h2-3H,1H3,(H3,8,10,11). The van der Waals surface area contributed by atoms with Gasteiger partial charge < -0.3 is 5.73 Å². The van der Waals surface area contributed by atoms with Crippen LogP contribution >= 0.6 is 11.3 Å². The second-order valence-electron chi connectivity index (χ2n) is 2.47. The summed E-state index contributed by atoms with van der Waals surface area (Å²) in [6.45, 7) is 1.96. The minimum atomic E-state index is 0.512. The third-order valence-electron chi connectivity index (χ3n) is 1.59. The van der Waals surface area contributed by atoms with Gasteiger partial charge in [0.05, 0.1) is 21.8 Å². The van der Waals surface area contributed by atoms with Crippen LogP contribution in [0.5, 0.6) is 0 Å². The van der Waals surface area contributed by atoms with Crippen LogP contribution in [0.2, 0.25) is 0 Å². The third-order valence-corrected chi connectivity index (χ3v) is 2.55. The van der Waals surface area contributed by atoms with Gasteiger partial charge in [-0.3, -0.25) is 5.10 Å². The molecule has 2 rings (SSSR count). The molecule has 0 saturated carbocycles. The average molecular weight is 180 g/mol. The zero-order valence-electron chi connectivity index (χ0n) is 6.53. The van der Waals surface area contributed by atoms with Crippen molar-refractivity contribution in [2.75, 3.05) is 5.73 Å². The smallest absolute Gasteiger partial charge is 0.145 e. The van der Waals surface area contributed by atoms with E-state index in [2.05, 4.69) is 15.2 Å². The summed E-state index contributed by atoms with van der Waals surface area (Å²) in [7, 11) is 0. The summed E-state index contributed by atoms with van der Waals surface area (Å²) in [4.78, 5) is 5.23. The summed E-state index contributed by atoms with van der Waals surface area (Å²) >= 11 is 1.58. The van der Waals surface area contributed by atoms with Crippen LogP contribution in [0.3, 0.4) is 0 Å². The highest BCUT2D eigenvalue weighted by Crippen LogP contribution is 2.25. The van der Waals surface area contributed by atoms with E-state index in [4.69, 9.17) is 5.73 Å². The maximum Gasteiger partial charge on any atom is 0.145 e. The first kappa shape index (κ1) is 7.30. The molecule has 0 aromatic carbocycles. The fourth-order valence-corrected chi connectivity index (χ4v) is 1.78. The summed E-state index contributed by atoms with van der Waals surface area (Å²) in [6.07, 6.45) is 0. The highest BCUT2D eigenvalue weighted by Gasteiger charge is 2.06. The number of hydrogen-bond donors (Lipinski definition) is 2. The van der Waals surface area contributed by atoms with Gasteiger partial charge >= 0.3 is 0 Å². The molecule has 62 valence electrons. The Bertz CT molecular complexity index is 390. The van der Waals surface area contributed by atoms with Gasteiger partial charge in [-0.25, -0.2) is 4.98 Å². The molecule has 0 amide bonds. The number of aromatic amines is 1. The van der Waals surface area contributed by atoms with E-state index in [-0.39, 0.29) is 0 Å². The van der Waals surface area contributed by atoms with Crippen molar-refractivity contribution < 1.29 is 0 Å². The Morgan fingerprint density at radius 3 is 2.92 bits per heavy atom. The molecule has 0 saturated heterocycles. The highest BCUT2D eigenvalue weighted by atomic mass is 32.1. The third kappa shape index (κ3) is 1.08. The van der Waals surface area contributed by atoms with Crippen molar-refractivity contribution in [1.82, 2.24) is 15.2 Å². The van der Waals surface area contributed by atoms with Gasteiger partial charge in [-0.2, -0.15) is 5.10 Å². The lowest BCUT2D eigenvalue weighted by Crippen LogP contribution is -1.81. The zero-order valence-corrected chi connectivity index (χ0v) is 7.35. The first-order valence-corrected chi connectivity index (χ1v) is 4.36. The quantitative estimate of drug-likeness (QED) is 0.697. The lowest BCUT2D eigenvalue weighted by molar-refractivity contribution is 1.10. The maximum atomic E-state index is 5.48. The Labute approximate surface area is 73.5 Å². The van der Waals surface area contributed by atoms with E-state index < -0.39 is 0 Å². The molecular weight excluding hydrogens is 172 g/mol. The molecule has 0 bridgehead atoms. The first-order valence-electron chi connectivity index (χ1n) is 3.48. The van der Waals surface area contributed by atoms with E-state index in [1.807, 2.05) is 12.4 Å². The summed E-state index contributed by atoms with van der Waals surface area (Å²) in [6, 6.07) is 1.81. The Morgan fingerprint density at radius 2 is 2.42 bits per heavy atom. The molecule has 0 radical (unpaired) electrons. The number of rotatable bonds is 1. The van der Waals surface area contributed by atoms with Crippen molar-refractivity contribution in [3.8, 4) is 10.6 Å². The zero-order chi connectivity index (χ0) is 8.55. The molecular formula is C7H8N4S. The summed E-state index contributed by atoms with van der Waals surface area (Å²) in [5, 5.41) is 6.69. The molecule has 3 N–H and O–H groups in total.